The lowest BCUT2D eigenvalue weighted by molar-refractivity contribution is 0.0746. The van der Waals surface area contributed by atoms with Crippen LogP contribution in [0.4, 0.5) is 17.3 Å². The van der Waals surface area contributed by atoms with Gasteiger partial charge in [-0.15, -0.1) is 10.2 Å². The summed E-state index contributed by atoms with van der Waals surface area (Å²) in [6.07, 6.45) is 3.45. The highest BCUT2D eigenvalue weighted by atomic mass is 16.5. The van der Waals surface area contributed by atoms with Gasteiger partial charge in [-0.25, -0.2) is 0 Å². The van der Waals surface area contributed by atoms with Gasteiger partial charge < -0.3 is 19.9 Å². The first-order chi connectivity index (χ1) is 14.2. The van der Waals surface area contributed by atoms with E-state index < -0.39 is 0 Å². The zero-order chi connectivity index (χ0) is 20.1. The molecule has 4 rings (SSSR count). The van der Waals surface area contributed by atoms with Crippen LogP contribution in [0.15, 0.2) is 60.9 Å². The number of nitrogens with one attached hydrogen (secondary N) is 1. The van der Waals surface area contributed by atoms with Gasteiger partial charge in [0.25, 0.3) is 5.91 Å². The van der Waals surface area contributed by atoms with Crippen molar-refractivity contribution in [3.05, 3.63) is 66.5 Å². The minimum Gasteiger partial charge on any atom is -0.497 e. The SMILES string of the molecule is COc1cccc(C(=O)N2CCN(c3ccc(Nc4cccnc4)nn3)CC2)c1. The number of hydrogen-bond donors (Lipinski definition) is 1. The molecule has 0 atom stereocenters. The number of aromatic nitrogens is 3. The van der Waals surface area contributed by atoms with Gasteiger partial charge in [-0.05, 0) is 42.5 Å². The van der Waals surface area contributed by atoms with Crippen LogP contribution in [0.3, 0.4) is 0 Å². The van der Waals surface area contributed by atoms with Crippen molar-refractivity contribution in [2.24, 2.45) is 0 Å². The number of anilines is 3. The van der Waals surface area contributed by atoms with Crippen LogP contribution in [0.2, 0.25) is 0 Å². The quantitative estimate of drug-likeness (QED) is 0.717. The van der Waals surface area contributed by atoms with Gasteiger partial charge in [0.1, 0.15) is 5.75 Å². The smallest absolute Gasteiger partial charge is 0.254 e. The molecule has 8 nitrogen and oxygen atoms in total. The van der Waals surface area contributed by atoms with Crippen LogP contribution in [-0.2, 0) is 0 Å². The van der Waals surface area contributed by atoms with Crippen LogP contribution in [0, 0.1) is 0 Å². The molecule has 1 aromatic carbocycles. The van der Waals surface area contributed by atoms with Crippen molar-refractivity contribution in [2.45, 2.75) is 0 Å². The predicted octanol–water partition coefficient (Wildman–Crippen LogP) is 2.59. The molecular weight excluding hydrogens is 368 g/mol. The number of nitrogens with zero attached hydrogens (tertiary/aromatic N) is 5. The number of piperazine rings is 1. The Labute approximate surface area is 169 Å². The Morgan fingerprint density at radius 2 is 1.90 bits per heavy atom. The number of carbonyl (C=O) groups excluding carboxylic acids is 1. The summed E-state index contributed by atoms with van der Waals surface area (Å²) in [5.74, 6) is 2.17. The molecule has 2 aromatic heterocycles. The second-order valence-corrected chi connectivity index (χ2v) is 6.65. The molecule has 0 aliphatic carbocycles. The highest BCUT2D eigenvalue weighted by Gasteiger charge is 2.23. The Hall–Kier alpha value is -3.68. The Kier molecular flexibility index (Phi) is 5.51. The van der Waals surface area contributed by atoms with Crippen molar-refractivity contribution in [3.63, 3.8) is 0 Å². The van der Waals surface area contributed by atoms with Crippen molar-refractivity contribution in [1.29, 1.82) is 0 Å². The fraction of sp³-hybridized carbons (Fsp3) is 0.238. The number of pyridine rings is 1. The monoisotopic (exact) mass is 390 g/mol. The van der Waals surface area contributed by atoms with Gasteiger partial charge in [-0.1, -0.05) is 6.07 Å². The lowest BCUT2D eigenvalue weighted by atomic mass is 10.1. The van der Waals surface area contributed by atoms with Gasteiger partial charge in [-0.3, -0.25) is 9.78 Å². The van der Waals surface area contributed by atoms with Gasteiger partial charge in [-0.2, -0.15) is 0 Å². The first kappa shape index (κ1) is 18.7. The van der Waals surface area contributed by atoms with Gasteiger partial charge in [0.2, 0.25) is 0 Å². The van der Waals surface area contributed by atoms with E-state index >= 15 is 0 Å². The summed E-state index contributed by atoms with van der Waals surface area (Å²) in [5.41, 5.74) is 1.50. The van der Waals surface area contributed by atoms with Crippen molar-refractivity contribution in [2.75, 3.05) is 43.5 Å². The summed E-state index contributed by atoms with van der Waals surface area (Å²) >= 11 is 0. The molecule has 3 aromatic rings. The van der Waals surface area contributed by atoms with Crippen LogP contribution < -0.4 is 15.0 Å². The molecule has 1 aliphatic rings. The van der Waals surface area contributed by atoms with Crippen molar-refractivity contribution >= 4 is 23.2 Å². The largest absolute Gasteiger partial charge is 0.497 e. The number of methoxy groups -OCH3 is 1. The van der Waals surface area contributed by atoms with Crippen molar-refractivity contribution < 1.29 is 9.53 Å². The van der Waals surface area contributed by atoms with Crippen LogP contribution in [0.5, 0.6) is 5.75 Å². The van der Waals surface area contributed by atoms with E-state index in [4.69, 9.17) is 4.74 Å². The van der Waals surface area contributed by atoms with E-state index in [9.17, 15) is 4.79 Å². The first-order valence-corrected chi connectivity index (χ1v) is 9.42. The number of rotatable bonds is 5. The normalized spacial score (nSPS) is 13.8. The van der Waals surface area contributed by atoms with Crippen LogP contribution in [0.25, 0.3) is 0 Å². The second-order valence-electron chi connectivity index (χ2n) is 6.65. The average molecular weight is 390 g/mol. The van der Waals surface area contributed by atoms with Crippen LogP contribution in [-0.4, -0.2) is 59.3 Å². The van der Waals surface area contributed by atoms with Gasteiger partial charge in [0.15, 0.2) is 11.6 Å². The summed E-state index contributed by atoms with van der Waals surface area (Å²) in [4.78, 5) is 20.8. The molecule has 1 amide bonds. The predicted molar refractivity (Wildman–Crippen MR) is 111 cm³/mol. The number of benzene rings is 1. The third-order valence-electron chi connectivity index (χ3n) is 4.79. The van der Waals surface area contributed by atoms with Crippen LogP contribution in [0.1, 0.15) is 10.4 Å². The number of hydrogen-bond acceptors (Lipinski definition) is 7. The van der Waals surface area contributed by atoms with E-state index in [1.807, 2.05) is 47.4 Å². The maximum atomic E-state index is 12.7. The number of amides is 1. The molecule has 0 spiro atoms. The molecule has 0 bridgehead atoms. The molecule has 1 saturated heterocycles. The van der Waals surface area contributed by atoms with Gasteiger partial charge >= 0.3 is 0 Å². The molecule has 1 N–H and O–H groups in total. The molecule has 3 heterocycles. The van der Waals surface area contributed by atoms with Crippen molar-refractivity contribution in [1.82, 2.24) is 20.1 Å². The second kappa shape index (κ2) is 8.55. The summed E-state index contributed by atoms with van der Waals surface area (Å²) in [7, 11) is 1.60. The highest BCUT2D eigenvalue weighted by Crippen LogP contribution is 2.19. The molecule has 0 unspecified atom stereocenters. The highest BCUT2D eigenvalue weighted by molar-refractivity contribution is 5.94. The van der Waals surface area contributed by atoms with E-state index in [0.29, 0.717) is 43.3 Å². The third kappa shape index (κ3) is 4.43. The van der Waals surface area contributed by atoms with E-state index in [2.05, 4.69) is 25.4 Å². The summed E-state index contributed by atoms with van der Waals surface area (Å²) < 4.78 is 5.21. The van der Waals surface area contributed by atoms with Crippen molar-refractivity contribution in [3.8, 4) is 5.75 Å². The molecule has 0 saturated carbocycles. The Balaban J connectivity index is 1.35. The molecule has 1 aliphatic heterocycles. The molecule has 29 heavy (non-hydrogen) atoms. The minimum atomic E-state index is 0.0191. The fourth-order valence-corrected chi connectivity index (χ4v) is 3.22. The summed E-state index contributed by atoms with van der Waals surface area (Å²) in [5, 5.41) is 11.7. The van der Waals surface area contributed by atoms with Crippen LogP contribution >= 0.6 is 0 Å². The standard InChI is InChI=1S/C21H22N6O2/c1-29-18-6-2-4-16(14-18)21(28)27-12-10-26(11-13-27)20-8-7-19(24-25-20)23-17-5-3-9-22-15-17/h2-9,14-15H,10-13H2,1H3,(H,23,24). The average Bonchev–Trinajstić information content (AvgIpc) is 2.80. The molecule has 0 radical (unpaired) electrons. The molecular formula is C21H22N6O2. The molecule has 1 fully saturated rings. The van der Waals surface area contributed by atoms with Gasteiger partial charge in [0, 0.05) is 37.9 Å². The zero-order valence-corrected chi connectivity index (χ0v) is 16.2. The first-order valence-electron chi connectivity index (χ1n) is 9.42. The molecule has 148 valence electrons. The maximum absolute atomic E-state index is 12.7. The number of ether oxygens (including phenoxy) is 1. The Morgan fingerprint density at radius 3 is 2.59 bits per heavy atom. The van der Waals surface area contributed by atoms with E-state index in [0.717, 1.165) is 11.5 Å². The number of carbonyl (C=O) groups is 1. The zero-order valence-electron chi connectivity index (χ0n) is 16.2. The van der Waals surface area contributed by atoms with E-state index in [-0.39, 0.29) is 5.91 Å². The Morgan fingerprint density at radius 1 is 1.03 bits per heavy atom. The fourth-order valence-electron chi connectivity index (χ4n) is 3.22. The minimum absolute atomic E-state index is 0.0191. The topological polar surface area (TPSA) is 83.5 Å². The lowest BCUT2D eigenvalue weighted by Crippen LogP contribution is -2.49. The Bertz CT molecular complexity index is 956. The third-order valence-corrected chi connectivity index (χ3v) is 4.79. The molecule has 8 heteroatoms. The van der Waals surface area contributed by atoms with Gasteiger partial charge in [0.05, 0.1) is 19.0 Å². The van der Waals surface area contributed by atoms with E-state index in [1.165, 1.54) is 0 Å². The lowest BCUT2D eigenvalue weighted by Gasteiger charge is -2.35. The summed E-state index contributed by atoms with van der Waals surface area (Å²) in [6, 6.07) is 14.9. The summed E-state index contributed by atoms with van der Waals surface area (Å²) in [6.45, 7) is 2.68. The van der Waals surface area contributed by atoms with E-state index in [1.54, 1.807) is 25.6 Å². The maximum Gasteiger partial charge on any atom is 0.254 e.